The Kier molecular flexibility index (Phi) is 5.89. The topological polar surface area (TPSA) is 116 Å². The Labute approximate surface area is 174 Å². The van der Waals surface area contributed by atoms with Crippen molar-refractivity contribution in [2.45, 2.75) is 6.92 Å². The van der Waals surface area contributed by atoms with Gasteiger partial charge in [0.15, 0.2) is 10.2 Å². The molecule has 0 aliphatic rings. The highest BCUT2D eigenvalue weighted by atomic mass is 32.1. The molecule has 0 fully saturated rings. The monoisotopic (exact) mass is 432 g/mol. The van der Waals surface area contributed by atoms with Crippen LogP contribution < -0.4 is 20.1 Å². The number of fused-ring (bicyclic) bond motifs is 1. The number of nitro benzene ring substituents is 1. The van der Waals surface area contributed by atoms with E-state index < -0.39 is 10.8 Å². The van der Waals surface area contributed by atoms with Crippen molar-refractivity contribution in [1.29, 1.82) is 0 Å². The molecule has 0 radical (unpaired) electrons. The van der Waals surface area contributed by atoms with Gasteiger partial charge >= 0.3 is 0 Å². The lowest BCUT2D eigenvalue weighted by molar-refractivity contribution is -0.385. The van der Waals surface area contributed by atoms with Crippen molar-refractivity contribution in [3.8, 4) is 11.5 Å². The minimum absolute atomic E-state index is 0.0193. The number of methoxy groups -OCH3 is 2. The van der Waals surface area contributed by atoms with Crippen LogP contribution in [-0.2, 0) is 0 Å². The van der Waals surface area contributed by atoms with E-state index in [4.69, 9.17) is 21.7 Å². The standard InChI is InChI=1S/C18H16N4O5S2/c1-9-11(5-4-6-12(9)22(24)25)16(23)20-17(28)21-18-19-15-13(27-3)7-10(26-2)8-14(15)29-18/h4-8H,1-3H3,(H2,19,20,21,23,28). The van der Waals surface area contributed by atoms with E-state index in [-0.39, 0.29) is 21.9 Å². The maximum Gasteiger partial charge on any atom is 0.273 e. The van der Waals surface area contributed by atoms with Crippen molar-refractivity contribution >= 4 is 55.6 Å². The number of hydrogen-bond donors (Lipinski definition) is 2. The van der Waals surface area contributed by atoms with E-state index in [0.717, 1.165) is 4.70 Å². The summed E-state index contributed by atoms with van der Waals surface area (Å²) < 4.78 is 11.4. The second kappa shape index (κ2) is 8.37. The molecule has 0 saturated heterocycles. The number of nitro groups is 1. The van der Waals surface area contributed by atoms with E-state index in [1.165, 1.54) is 43.6 Å². The molecule has 9 nitrogen and oxygen atoms in total. The summed E-state index contributed by atoms with van der Waals surface area (Å²) in [6, 6.07) is 7.82. The van der Waals surface area contributed by atoms with Crippen molar-refractivity contribution in [2.75, 3.05) is 19.5 Å². The van der Waals surface area contributed by atoms with Crippen molar-refractivity contribution < 1.29 is 19.2 Å². The molecule has 29 heavy (non-hydrogen) atoms. The number of aromatic nitrogens is 1. The molecule has 0 bridgehead atoms. The van der Waals surface area contributed by atoms with Crippen LogP contribution >= 0.6 is 23.6 Å². The molecule has 150 valence electrons. The summed E-state index contributed by atoms with van der Waals surface area (Å²) in [5, 5.41) is 16.9. The summed E-state index contributed by atoms with van der Waals surface area (Å²) in [6.07, 6.45) is 0. The molecule has 0 aliphatic heterocycles. The van der Waals surface area contributed by atoms with Crippen LogP contribution in [0.2, 0.25) is 0 Å². The van der Waals surface area contributed by atoms with Crippen LogP contribution in [0.15, 0.2) is 30.3 Å². The Morgan fingerprint density at radius 2 is 2.03 bits per heavy atom. The Hall–Kier alpha value is -3.31. The Balaban J connectivity index is 1.78. The third-order valence-electron chi connectivity index (χ3n) is 4.08. The highest BCUT2D eigenvalue weighted by Crippen LogP contribution is 2.36. The number of thiocarbonyl (C=S) groups is 1. The number of benzene rings is 2. The highest BCUT2D eigenvalue weighted by molar-refractivity contribution is 7.80. The maximum atomic E-state index is 12.5. The number of nitrogens with one attached hydrogen (secondary N) is 2. The second-order valence-electron chi connectivity index (χ2n) is 5.81. The molecule has 3 rings (SSSR count). The fraction of sp³-hybridized carbons (Fsp3) is 0.167. The molecule has 3 aromatic rings. The van der Waals surface area contributed by atoms with Gasteiger partial charge in [0.25, 0.3) is 11.6 Å². The Morgan fingerprint density at radius 3 is 2.69 bits per heavy atom. The van der Waals surface area contributed by atoms with Crippen LogP contribution in [0, 0.1) is 17.0 Å². The van der Waals surface area contributed by atoms with Gasteiger partial charge in [-0.3, -0.25) is 20.2 Å². The predicted octanol–water partition coefficient (Wildman–Crippen LogP) is 3.66. The summed E-state index contributed by atoms with van der Waals surface area (Å²) in [6.45, 7) is 1.51. The number of carbonyl (C=O) groups excluding carboxylic acids is 1. The third-order valence-corrected chi connectivity index (χ3v) is 5.21. The summed E-state index contributed by atoms with van der Waals surface area (Å²) in [5.74, 6) is 0.622. The first-order valence-electron chi connectivity index (χ1n) is 8.23. The van der Waals surface area contributed by atoms with Crippen molar-refractivity contribution in [3.63, 3.8) is 0 Å². The molecule has 1 amide bonds. The quantitative estimate of drug-likeness (QED) is 0.357. The van der Waals surface area contributed by atoms with Gasteiger partial charge in [-0.1, -0.05) is 17.4 Å². The lowest BCUT2D eigenvalue weighted by Crippen LogP contribution is -2.34. The number of anilines is 1. The molecule has 0 atom stereocenters. The van der Waals surface area contributed by atoms with Gasteiger partial charge in [-0.25, -0.2) is 4.98 Å². The zero-order valence-corrected chi connectivity index (χ0v) is 17.3. The van der Waals surface area contributed by atoms with Gasteiger partial charge in [0.1, 0.15) is 17.0 Å². The number of ether oxygens (including phenoxy) is 2. The third kappa shape index (κ3) is 4.25. The lowest BCUT2D eigenvalue weighted by Gasteiger charge is -2.09. The SMILES string of the molecule is COc1cc(OC)c2nc(NC(=S)NC(=O)c3cccc([N+](=O)[O-])c3C)sc2c1. The van der Waals surface area contributed by atoms with Gasteiger partial charge in [-0.05, 0) is 31.3 Å². The zero-order valence-electron chi connectivity index (χ0n) is 15.6. The van der Waals surface area contributed by atoms with Gasteiger partial charge in [0.2, 0.25) is 0 Å². The van der Waals surface area contributed by atoms with Gasteiger partial charge in [0.05, 0.1) is 23.8 Å². The average Bonchev–Trinajstić information content (AvgIpc) is 3.08. The number of amides is 1. The predicted molar refractivity (Wildman–Crippen MR) is 114 cm³/mol. The number of rotatable bonds is 5. The molecule has 0 saturated carbocycles. The van der Waals surface area contributed by atoms with E-state index in [1.807, 2.05) is 6.07 Å². The first-order chi connectivity index (χ1) is 13.8. The van der Waals surface area contributed by atoms with E-state index in [1.54, 1.807) is 13.2 Å². The molecule has 1 heterocycles. The van der Waals surface area contributed by atoms with Gasteiger partial charge in [-0.15, -0.1) is 0 Å². The molecule has 1 aromatic heterocycles. The first kappa shape index (κ1) is 20.4. The summed E-state index contributed by atoms with van der Waals surface area (Å²) >= 11 is 6.49. The number of hydrogen-bond acceptors (Lipinski definition) is 8. The maximum absolute atomic E-state index is 12.5. The van der Waals surface area contributed by atoms with Gasteiger partial charge in [0, 0.05) is 23.3 Å². The molecule has 2 N–H and O–H groups in total. The molecule has 0 spiro atoms. The number of nitrogens with zero attached hydrogens (tertiary/aromatic N) is 2. The van der Waals surface area contributed by atoms with E-state index in [0.29, 0.717) is 22.1 Å². The van der Waals surface area contributed by atoms with Crippen molar-refractivity contribution in [2.24, 2.45) is 0 Å². The molecule has 11 heteroatoms. The number of thiazole rings is 1. The molecule has 0 unspecified atom stereocenters. The Morgan fingerprint density at radius 1 is 1.28 bits per heavy atom. The van der Waals surface area contributed by atoms with E-state index in [2.05, 4.69) is 15.6 Å². The minimum atomic E-state index is -0.552. The van der Waals surface area contributed by atoms with Crippen LogP contribution in [-0.4, -0.2) is 35.1 Å². The fourth-order valence-electron chi connectivity index (χ4n) is 2.67. The molecule has 0 aliphatic carbocycles. The second-order valence-corrected chi connectivity index (χ2v) is 7.25. The summed E-state index contributed by atoms with van der Waals surface area (Å²) in [5.41, 5.74) is 0.918. The zero-order chi connectivity index (χ0) is 21.1. The Bertz CT molecular complexity index is 1130. The van der Waals surface area contributed by atoms with Crippen molar-refractivity contribution in [3.05, 3.63) is 51.6 Å². The normalized spacial score (nSPS) is 10.4. The average molecular weight is 432 g/mol. The highest BCUT2D eigenvalue weighted by Gasteiger charge is 2.19. The lowest BCUT2D eigenvalue weighted by atomic mass is 10.1. The van der Waals surface area contributed by atoms with Crippen LogP contribution in [0.3, 0.4) is 0 Å². The molecular formula is C18H16N4O5S2. The molecule has 2 aromatic carbocycles. The van der Waals surface area contributed by atoms with Gasteiger partial charge < -0.3 is 14.8 Å². The van der Waals surface area contributed by atoms with Crippen LogP contribution in [0.5, 0.6) is 11.5 Å². The van der Waals surface area contributed by atoms with Crippen LogP contribution in [0.1, 0.15) is 15.9 Å². The largest absolute Gasteiger partial charge is 0.497 e. The minimum Gasteiger partial charge on any atom is -0.497 e. The first-order valence-corrected chi connectivity index (χ1v) is 9.45. The van der Waals surface area contributed by atoms with Crippen LogP contribution in [0.4, 0.5) is 10.8 Å². The van der Waals surface area contributed by atoms with E-state index in [9.17, 15) is 14.9 Å². The summed E-state index contributed by atoms with van der Waals surface area (Å²) in [7, 11) is 3.09. The van der Waals surface area contributed by atoms with Crippen molar-refractivity contribution in [1.82, 2.24) is 10.3 Å². The smallest absolute Gasteiger partial charge is 0.273 e. The number of carbonyl (C=O) groups is 1. The fourth-order valence-corrected chi connectivity index (χ4v) is 3.84. The van der Waals surface area contributed by atoms with Crippen LogP contribution in [0.25, 0.3) is 10.2 Å². The van der Waals surface area contributed by atoms with E-state index >= 15 is 0 Å². The van der Waals surface area contributed by atoms with Gasteiger partial charge in [-0.2, -0.15) is 0 Å². The summed E-state index contributed by atoms with van der Waals surface area (Å²) in [4.78, 5) is 27.4. The molecular weight excluding hydrogens is 416 g/mol.